The van der Waals surface area contributed by atoms with Gasteiger partial charge >= 0.3 is 0 Å². The Balaban J connectivity index is 1.70. The van der Waals surface area contributed by atoms with Crippen LogP contribution < -0.4 is 16.6 Å². The van der Waals surface area contributed by atoms with Crippen molar-refractivity contribution in [2.45, 2.75) is 17.8 Å². The first kappa shape index (κ1) is 15.5. The van der Waals surface area contributed by atoms with Gasteiger partial charge in [-0.25, -0.2) is 15.0 Å². The third-order valence-corrected chi connectivity index (χ3v) is 3.88. The lowest BCUT2D eigenvalue weighted by molar-refractivity contribution is 0.916. The van der Waals surface area contributed by atoms with Gasteiger partial charge in [-0.3, -0.25) is 10.9 Å². The summed E-state index contributed by atoms with van der Waals surface area (Å²) < 4.78 is 0. The van der Waals surface area contributed by atoms with Crippen LogP contribution in [0.1, 0.15) is 11.5 Å². The molecule has 0 fully saturated rings. The van der Waals surface area contributed by atoms with Crippen LogP contribution in [0.4, 0.5) is 5.82 Å². The van der Waals surface area contributed by atoms with Gasteiger partial charge in [0.2, 0.25) is 0 Å². The molecule has 9 heteroatoms. The number of nitrogens with zero attached hydrogens (tertiary/aromatic N) is 3. The highest BCUT2D eigenvalue weighted by Gasteiger charge is 2.07. The first-order valence-electron chi connectivity index (χ1n) is 6.84. The molecule has 2 heterocycles. The SMILES string of the molecule is Cc1cc(NNC(N)=S)nc(SCc2nc3ccccc3[nH]2)n1. The zero-order valence-corrected chi connectivity index (χ0v) is 14.0. The Morgan fingerprint density at radius 1 is 1.30 bits per heavy atom. The number of hydrazine groups is 1. The second-order valence-electron chi connectivity index (χ2n) is 4.78. The molecule has 3 aromatic rings. The number of benzene rings is 1. The van der Waals surface area contributed by atoms with Crippen molar-refractivity contribution >= 4 is 45.9 Å². The Bertz CT molecular complexity index is 813. The maximum absolute atomic E-state index is 5.38. The summed E-state index contributed by atoms with van der Waals surface area (Å²) in [7, 11) is 0. The van der Waals surface area contributed by atoms with Crippen LogP contribution in [-0.4, -0.2) is 25.0 Å². The molecule has 1 aromatic carbocycles. The molecule has 0 aliphatic carbocycles. The predicted molar refractivity (Wildman–Crippen MR) is 96.0 cm³/mol. The highest BCUT2D eigenvalue weighted by molar-refractivity contribution is 7.98. The average molecular weight is 345 g/mol. The maximum Gasteiger partial charge on any atom is 0.190 e. The van der Waals surface area contributed by atoms with Gasteiger partial charge in [0, 0.05) is 11.8 Å². The summed E-state index contributed by atoms with van der Waals surface area (Å²) in [5, 5.41) is 0.801. The number of fused-ring (bicyclic) bond motifs is 1. The summed E-state index contributed by atoms with van der Waals surface area (Å²) in [5.41, 5.74) is 13.7. The maximum atomic E-state index is 5.38. The summed E-state index contributed by atoms with van der Waals surface area (Å²) >= 11 is 6.25. The van der Waals surface area contributed by atoms with Crippen molar-refractivity contribution in [3.8, 4) is 0 Å². The monoisotopic (exact) mass is 345 g/mol. The van der Waals surface area contributed by atoms with Crippen LogP contribution in [0.25, 0.3) is 11.0 Å². The van der Waals surface area contributed by atoms with Gasteiger partial charge in [-0.05, 0) is 31.3 Å². The van der Waals surface area contributed by atoms with Gasteiger partial charge in [-0.1, -0.05) is 23.9 Å². The quantitative estimate of drug-likeness (QED) is 0.241. The largest absolute Gasteiger partial charge is 0.375 e. The highest BCUT2D eigenvalue weighted by atomic mass is 32.2. The van der Waals surface area contributed by atoms with Gasteiger partial charge in [-0.2, -0.15) is 0 Å². The molecular weight excluding hydrogens is 330 g/mol. The van der Waals surface area contributed by atoms with E-state index in [2.05, 4.69) is 30.8 Å². The topological polar surface area (TPSA) is 105 Å². The fraction of sp³-hybridized carbons (Fsp3) is 0.143. The van der Waals surface area contributed by atoms with E-state index in [1.807, 2.05) is 31.2 Å². The molecule has 3 rings (SSSR count). The molecule has 0 unspecified atom stereocenters. The standard InChI is InChI=1S/C14H15N7S2/c1-8-6-11(20-21-13(15)22)19-14(16-8)23-7-12-17-9-4-2-3-5-10(9)18-12/h2-6H,7H2,1H3,(H,17,18)(H3,15,21,22)(H,16,19,20). The minimum Gasteiger partial charge on any atom is -0.375 e. The molecule has 7 nitrogen and oxygen atoms in total. The van der Waals surface area contributed by atoms with E-state index >= 15 is 0 Å². The van der Waals surface area contributed by atoms with E-state index < -0.39 is 0 Å². The van der Waals surface area contributed by atoms with Crippen molar-refractivity contribution in [2.24, 2.45) is 5.73 Å². The van der Waals surface area contributed by atoms with E-state index in [1.165, 1.54) is 11.8 Å². The molecule has 118 valence electrons. The third kappa shape index (κ3) is 4.08. The molecule has 0 saturated carbocycles. The molecule has 0 radical (unpaired) electrons. The number of para-hydroxylation sites is 2. The zero-order valence-electron chi connectivity index (χ0n) is 12.3. The number of hydrogen-bond acceptors (Lipinski definition) is 6. The molecule has 2 aromatic heterocycles. The van der Waals surface area contributed by atoms with Crippen LogP contribution in [0, 0.1) is 6.92 Å². The Labute approximate surface area is 142 Å². The first-order chi connectivity index (χ1) is 11.1. The van der Waals surface area contributed by atoms with Crippen LogP contribution in [0.3, 0.4) is 0 Å². The lowest BCUT2D eigenvalue weighted by atomic mass is 10.3. The van der Waals surface area contributed by atoms with Gasteiger partial charge in [-0.15, -0.1) is 0 Å². The minimum absolute atomic E-state index is 0.151. The summed E-state index contributed by atoms with van der Waals surface area (Å²) in [5.74, 6) is 2.15. The molecular formula is C14H15N7S2. The number of H-pyrrole nitrogens is 1. The van der Waals surface area contributed by atoms with Crippen molar-refractivity contribution in [3.05, 3.63) is 41.9 Å². The van der Waals surface area contributed by atoms with Gasteiger partial charge in [0.15, 0.2) is 10.3 Å². The molecule has 0 atom stereocenters. The average Bonchev–Trinajstić information content (AvgIpc) is 2.93. The second kappa shape index (κ2) is 6.80. The number of imidazole rings is 1. The smallest absolute Gasteiger partial charge is 0.190 e. The highest BCUT2D eigenvalue weighted by Crippen LogP contribution is 2.21. The lowest BCUT2D eigenvalue weighted by Crippen LogP contribution is -2.34. The van der Waals surface area contributed by atoms with Gasteiger partial charge in [0.25, 0.3) is 0 Å². The molecule has 5 N–H and O–H groups in total. The summed E-state index contributed by atoms with van der Waals surface area (Å²) in [6.07, 6.45) is 0. The van der Waals surface area contributed by atoms with Crippen molar-refractivity contribution in [1.29, 1.82) is 0 Å². The number of nitrogens with two attached hydrogens (primary N) is 1. The molecule has 0 bridgehead atoms. The van der Waals surface area contributed by atoms with E-state index in [9.17, 15) is 0 Å². The number of aromatic amines is 1. The Kier molecular flexibility index (Phi) is 4.58. The Morgan fingerprint density at radius 3 is 2.91 bits per heavy atom. The Morgan fingerprint density at radius 2 is 2.13 bits per heavy atom. The molecule has 0 aliphatic heterocycles. The van der Waals surface area contributed by atoms with Crippen LogP contribution in [0.5, 0.6) is 0 Å². The van der Waals surface area contributed by atoms with Crippen molar-refractivity contribution in [2.75, 3.05) is 5.43 Å². The third-order valence-electron chi connectivity index (χ3n) is 2.92. The van der Waals surface area contributed by atoms with Gasteiger partial charge in [0.05, 0.1) is 16.8 Å². The number of thiocarbonyl (C=S) groups is 1. The van der Waals surface area contributed by atoms with Crippen LogP contribution in [0.2, 0.25) is 0 Å². The summed E-state index contributed by atoms with van der Waals surface area (Å²) in [6, 6.07) is 9.73. The van der Waals surface area contributed by atoms with Crippen molar-refractivity contribution < 1.29 is 0 Å². The fourth-order valence-electron chi connectivity index (χ4n) is 2.00. The number of nitrogens with one attached hydrogen (secondary N) is 3. The minimum atomic E-state index is 0.151. The number of aromatic nitrogens is 4. The van der Waals surface area contributed by atoms with Gasteiger partial charge in [0.1, 0.15) is 11.6 Å². The predicted octanol–water partition coefficient (Wildman–Crippen LogP) is 2.11. The molecule has 0 spiro atoms. The van der Waals surface area contributed by atoms with E-state index in [0.29, 0.717) is 16.7 Å². The molecule has 23 heavy (non-hydrogen) atoms. The van der Waals surface area contributed by atoms with Crippen molar-refractivity contribution in [3.63, 3.8) is 0 Å². The van der Waals surface area contributed by atoms with Crippen molar-refractivity contribution in [1.82, 2.24) is 25.4 Å². The first-order valence-corrected chi connectivity index (χ1v) is 8.23. The zero-order chi connectivity index (χ0) is 16.2. The second-order valence-corrected chi connectivity index (χ2v) is 6.16. The van der Waals surface area contributed by atoms with Crippen LogP contribution in [-0.2, 0) is 5.75 Å². The van der Waals surface area contributed by atoms with E-state index in [1.54, 1.807) is 6.07 Å². The van der Waals surface area contributed by atoms with Crippen LogP contribution in [0.15, 0.2) is 35.5 Å². The molecule has 0 aliphatic rings. The number of anilines is 1. The molecule has 0 saturated heterocycles. The number of thioether (sulfide) groups is 1. The van der Waals surface area contributed by atoms with E-state index in [4.69, 9.17) is 18.0 Å². The molecule has 0 amide bonds. The normalized spacial score (nSPS) is 10.7. The number of aryl methyl sites for hydroxylation is 1. The lowest BCUT2D eigenvalue weighted by Gasteiger charge is -2.08. The van der Waals surface area contributed by atoms with Gasteiger partial charge < -0.3 is 10.7 Å². The number of hydrogen-bond donors (Lipinski definition) is 4. The van der Waals surface area contributed by atoms with Crippen LogP contribution >= 0.6 is 24.0 Å². The summed E-state index contributed by atoms with van der Waals surface area (Å²) in [4.78, 5) is 16.6. The Hall–Kier alpha value is -2.39. The summed E-state index contributed by atoms with van der Waals surface area (Å²) in [6.45, 7) is 1.90. The number of rotatable bonds is 5. The van der Waals surface area contributed by atoms with E-state index in [0.717, 1.165) is 22.6 Å². The van der Waals surface area contributed by atoms with E-state index in [-0.39, 0.29) is 5.11 Å². The fourth-order valence-corrected chi connectivity index (χ4v) is 2.83.